The third-order valence-electron chi connectivity index (χ3n) is 8.06. The van der Waals surface area contributed by atoms with Crippen molar-refractivity contribution in [2.45, 2.75) is 10.3 Å². The third kappa shape index (κ3) is 2.95. The molecule has 0 radical (unpaired) electrons. The first-order valence-electron chi connectivity index (χ1n) is 13.2. The fourth-order valence-electron chi connectivity index (χ4n) is 6.38. The number of benzene rings is 6. The lowest BCUT2D eigenvalue weighted by atomic mass is 10.0. The Labute approximate surface area is 228 Å². The van der Waals surface area contributed by atoms with Gasteiger partial charge in [0, 0.05) is 26.4 Å². The fraction of sp³-hybridized carbons (Fsp3) is 0.0286. The smallest absolute Gasteiger partial charge is 0.137 e. The predicted molar refractivity (Wildman–Crippen MR) is 164 cm³/mol. The van der Waals surface area contributed by atoms with Gasteiger partial charge in [0.2, 0.25) is 0 Å². The highest BCUT2D eigenvalue weighted by molar-refractivity contribution is 8.00. The van der Waals surface area contributed by atoms with Crippen LogP contribution in [-0.4, -0.2) is 4.57 Å². The van der Waals surface area contributed by atoms with Crippen molar-refractivity contribution in [3.8, 4) is 5.69 Å². The molecule has 6 aromatic carbocycles. The Morgan fingerprint density at radius 2 is 1.21 bits per heavy atom. The lowest BCUT2D eigenvalue weighted by Crippen LogP contribution is -2.04. The summed E-state index contributed by atoms with van der Waals surface area (Å²) in [4.78, 5) is 1.26. The molecule has 9 rings (SSSR count). The van der Waals surface area contributed by atoms with E-state index < -0.39 is 0 Å². The summed E-state index contributed by atoms with van der Waals surface area (Å²) in [5.41, 5.74) is 7.97. The van der Waals surface area contributed by atoms with E-state index in [1.54, 1.807) is 0 Å². The Balaban J connectivity index is 1.24. The van der Waals surface area contributed by atoms with E-state index in [1.165, 1.54) is 59.8 Å². The first-order valence-corrected chi connectivity index (χ1v) is 14.1. The molecule has 0 amide bonds. The van der Waals surface area contributed by atoms with E-state index in [0.29, 0.717) is 0 Å². The summed E-state index contributed by atoms with van der Waals surface area (Å²) < 4.78 is 8.58. The molecule has 1 aliphatic heterocycles. The number of para-hydroxylation sites is 3. The number of aromatic nitrogens is 1. The van der Waals surface area contributed by atoms with Gasteiger partial charge in [-0.15, -0.1) is 0 Å². The summed E-state index contributed by atoms with van der Waals surface area (Å²) in [6.07, 6.45) is 0. The van der Waals surface area contributed by atoms with Crippen LogP contribution < -0.4 is 5.32 Å². The first-order chi connectivity index (χ1) is 19.3. The average molecular weight is 519 g/mol. The second-order valence-corrected chi connectivity index (χ2v) is 11.3. The minimum atomic E-state index is 0.108. The monoisotopic (exact) mass is 518 g/mol. The topological polar surface area (TPSA) is 30.1 Å². The number of nitrogens with zero attached hydrogens (tertiary/aromatic N) is 1. The Morgan fingerprint density at radius 1 is 0.564 bits per heavy atom. The highest BCUT2D eigenvalue weighted by Gasteiger charge is 2.28. The van der Waals surface area contributed by atoms with Crippen LogP contribution in [0.15, 0.2) is 131 Å². The number of hydrogen-bond acceptors (Lipinski definition) is 3. The lowest BCUT2D eigenvalue weighted by molar-refractivity contribution is 0.669. The van der Waals surface area contributed by atoms with Crippen LogP contribution in [0.2, 0.25) is 0 Å². The Kier molecular flexibility index (Phi) is 4.32. The Hall–Kier alpha value is -4.67. The minimum absolute atomic E-state index is 0.108. The summed E-state index contributed by atoms with van der Waals surface area (Å²) in [5, 5.41) is 11.4. The maximum Gasteiger partial charge on any atom is 0.137 e. The number of rotatable bonds is 2. The van der Waals surface area contributed by atoms with Gasteiger partial charge in [-0.1, -0.05) is 96.7 Å². The maximum absolute atomic E-state index is 6.16. The highest BCUT2D eigenvalue weighted by atomic mass is 32.2. The largest absolute Gasteiger partial charge is 0.456 e. The minimum Gasteiger partial charge on any atom is -0.456 e. The molecule has 3 nitrogen and oxygen atoms in total. The molecule has 1 atom stereocenters. The molecule has 1 aliphatic rings. The molecular formula is C35H22N2OS. The van der Waals surface area contributed by atoms with Gasteiger partial charge in [-0.3, -0.25) is 0 Å². The molecule has 0 aliphatic carbocycles. The van der Waals surface area contributed by atoms with Crippen molar-refractivity contribution < 1.29 is 4.42 Å². The number of nitrogens with one attached hydrogen (secondary N) is 1. The van der Waals surface area contributed by atoms with Gasteiger partial charge in [-0.25, -0.2) is 0 Å². The Morgan fingerprint density at radius 3 is 1.97 bits per heavy atom. The van der Waals surface area contributed by atoms with Gasteiger partial charge in [-0.05, 0) is 47.3 Å². The van der Waals surface area contributed by atoms with Gasteiger partial charge in [0.1, 0.15) is 16.5 Å². The summed E-state index contributed by atoms with van der Waals surface area (Å²) >= 11 is 1.88. The van der Waals surface area contributed by atoms with Crippen molar-refractivity contribution in [3.63, 3.8) is 0 Å². The van der Waals surface area contributed by atoms with Crippen LogP contribution in [0, 0.1) is 0 Å². The zero-order valence-electron chi connectivity index (χ0n) is 20.9. The van der Waals surface area contributed by atoms with Gasteiger partial charge < -0.3 is 14.3 Å². The van der Waals surface area contributed by atoms with Crippen LogP contribution in [0.25, 0.3) is 60.2 Å². The summed E-state index contributed by atoms with van der Waals surface area (Å²) in [6.45, 7) is 0. The summed E-state index contributed by atoms with van der Waals surface area (Å²) in [5.74, 6) is 0. The van der Waals surface area contributed by atoms with E-state index in [0.717, 1.165) is 16.6 Å². The molecule has 0 bridgehead atoms. The van der Waals surface area contributed by atoms with Crippen LogP contribution >= 0.6 is 11.8 Å². The molecule has 1 unspecified atom stereocenters. The van der Waals surface area contributed by atoms with Crippen molar-refractivity contribution >= 4 is 72.0 Å². The second-order valence-electron chi connectivity index (χ2n) is 10.1. The van der Waals surface area contributed by atoms with E-state index in [1.807, 2.05) is 23.9 Å². The molecule has 184 valence electrons. The molecule has 8 aromatic rings. The molecule has 39 heavy (non-hydrogen) atoms. The fourth-order valence-corrected chi connectivity index (χ4v) is 7.57. The van der Waals surface area contributed by atoms with E-state index in [2.05, 4.69) is 119 Å². The van der Waals surface area contributed by atoms with Crippen molar-refractivity contribution in [1.82, 2.24) is 4.57 Å². The molecular weight excluding hydrogens is 496 g/mol. The third-order valence-corrected chi connectivity index (χ3v) is 9.27. The highest BCUT2D eigenvalue weighted by Crippen LogP contribution is 2.52. The molecule has 1 N–H and O–H groups in total. The first kappa shape index (κ1) is 21.3. The normalized spacial score (nSPS) is 15.0. The van der Waals surface area contributed by atoms with E-state index in [9.17, 15) is 0 Å². The van der Waals surface area contributed by atoms with Crippen LogP contribution in [0.1, 0.15) is 10.9 Å². The maximum atomic E-state index is 6.16. The number of fused-ring (bicyclic) bond motifs is 9. The van der Waals surface area contributed by atoms with Gasteiger partial charge in [0.05, 0.1) is 27.8 Å². The second kappa shape index (κ2) is 7.92. The summed E-state index contributed by atoms with van der Waals surface area (Å²) in [6, 6.07) is 43.4. The average Bonchev–Trinajstić information content (AvgIpc) is 3.68. The molecule has 0 saturated carbocycles. The number of anilines is 1. The van der Waals surface area contributed by atoms with Gasteiger partial charge in [0.15, 0.2) is 0 Å². The van der Waals surface area contributed by atoms with Crippen LogP contribution in [0.5, 0.6) is 0 Å². The van der Waals surface area contributed by atoms with Crippen LogP contribution in [0.3, 0.4) is 0 Å². The van der Waals surface area contributed by atoms with Crippen molar-refractivity contribution in [2.24, 2.45) is 0 Å². The quantitative estimate of drug-likeness (QED) is 0.247. The van der Waals surface area contributed by atoms with Crippen LogP contribution in [-0.2, 0) is 0 Å². The molecule has 2 aromatic heterocycles. The SMILES string of the molecule is c1ccc2c(c1)oc1ccc3c(c12)NC(c1ccc(-n2c4ccccc4c4ccccc42)c2ccccc12)S3. The van der Waals surface area contributed by atoms with Gasteiger partial charge in [0.25, 0.3) is 0 Å². The number of hydrogen-bond donors (Lipinski definition) is 1. The molecule has 0 spiro atoms. The lowest BCUT2D eigenvalue weighted by Gasteiger charge is -2.18. The predicted octanol–water partition coefficient (Wildman–Crippen LogP) is 10.1. The summed E-state index contributed by atoms with van der Waals surface area (Å²) in [7, 11) is 0. The zero-order valence-corrected chi connectivity index (χ0v) is 21.7. The molecule has 0 fully saturated rings. The van der Waals surface area contributed by atoms with E-state index in [4.69, 9.17) is 4.42 Å². The number of furan rings is 1. The number of thioether (sulfide) groups is 1. The molecule has 3 heterocycles. The standard InChI is InChI=1S/C35H22N2OS/c1-2-10-22-21(9-1)25(17-18-29(22)37-27-14-6-3-11-23(27)24-12-4-7-15-28(24)37)35-36-34-32(39-35)20-19-31-33(34)26-13-5-8-16-30(26)38-31/h1-20,35-36H. The van der Waals surface area contributed by atoms with Crippen LogP contribution in [0.4, 0.5) is 5.69 Å². The van der Waals surface area contributed by atoms with E-state index >= 15 is 0 Å². The van der Waals surface area contributed by atoms with Gasteiger partial charge in [-0.2, -0.15) is 0 Å². The van der Waals surface area contributed by atoms with Gasteiger partial charge >= 0.3 is 0 Å². The molecule has 4 heteroatoms. The van der Waals surface area contributed by atoms with Crippen molar-refractivity contribution in [2.75, 3.05) is 5.32 Å². The molecule has 0 saturated heterocycles. The zero-order chi connectivity index (χ0) is 25.5. The van der Waals surface area contributed by atoms with Crippen molar-refractivity contribution in [3.05, 3.63) is 127 Å². The van der Waals surface area contributed by atoms with E-state index in [-0.39, 0.29) is 5.37 Å². The van der Waals surface area contributed by atoms with Crippen molar-refractivity contribution in [1.29, 1.82) is 0 Å². The Bertz CT molecular complexity index is 2200.